The third-order valence-electron chi connectivity index (χ3n) is 6.51. The van der Waals surface area contributed by atoms with Crippen LogP contribution in [-0.4, -0.2) is 17.1 Å². The number of allylic oxidation sites excluding steroid dienone is 1. The van der Waals surface area contributed by atoms with Crippen LogP contribution < -0.4 is 19.6 Å². The molecule has 1 aromatic heterocycles. The number of benzene rings is 3. The predicted octanol–water partition coefficient (Wildman–Crippen LogP) is 6.27. The van der Waals surface area contributed by atoms with Crippen LogP contribution in [0, 0.1) is 14.9 Å². The first-order chi connectivity index (χ1) is 20.2. The summed E-state index contributed by atoms with van der Waals surface area (Å²) in [5.74, 6) is 0.0676. The molecule has 0 fully saturated rings. The zero-order valence-electron chi connectivity index (χ0n) is 22.4. The minimum atomic E-state index is -0.800. The van der Waals surface area contributed by atoms with Gasteiger partial charge in [-0.3, -0.25) is 9.36 Å². The lowest BCUT2D eigenvalue weighted by molar-refractivity contribution is -0.139. The fourth-order valence-electron chi connectivity index (χ4n) is 4.59. The van der Waals surface area contributed by atoms with Crippen molar-refractivity contribution >= 4 is 73.5 Å². The number of esters is 1. The Morgan fingerprint density at radius 3 is 2.67 bits per heavy atom. The lowest BCUT2D eigenvalue weighted by Gasteiger charge is -2.25. The molecule has 4 aromatic rings. The number of ether oxygens (including phenoxy) is 2. The number of thiazole rings is 1. The number of carbonyl (C=O) groups excluding carboxylic acids is 1. The Balaban J connectivity index is 1.64. The number of aromatic nitrogens is 1. The van der Waals surface area contributed by atoms with Crippen LogP contribution >= 0.6 is 61.5 Å². The fourth-order valence-corrected chi connectivity index (χ4v) is 7.58. The highest BCUT2D eigenvalue weighted by Crippen LogP contribution is 2.35. The maximum absolute atomic E-state index is 14.1. The van der Waals surface area contributed by atoms with Crippen molar-refractivity contribution in [1.29, 1.82) is 5.26 Å². The maximum atomic E-state index is 14.1. The summed E-state index contributed by atoms with van der Waals surface area (Å²) < 4.78 is 15.2. The van der Waals surface area contributed by atoms with Crippen LogP contribution in [0.25, 0.3) is 6.08 Å². The van der Waals surface area contributed by atoms with Gasteiger partial charge < -0.3 is 9.47 Å². The van der Waals surface area contributed by atoms with E-state index in [1.807, 2.05) is 30.3 Å². The second-order valence-corrected chi connectivity index (χ2v) is 12.7. The van der Waals surface area contributed by atoms with Crippen molar-refractivity contribution in [2.45, 2.75) is 26.5 Å². The molecule has 0 unspecified atom stereocenters. The molecule has 0 saturated heterocycles. The molecule has 0 N–H and O–H groups in total. The first-order valence-corrected chi connectivity index (χ1v) is 15.8. The summed E-state index contributed by atoms with van der Waals surface area (Å²) in [6.45, 7) is 3.93. The van der Waals surface area contributed by atoms with E-state index >= 15 is 0 Å². The van der Waals surface area contributed by atoms with Crippen molar-refractivity contribution in [2.24, 2.45) is 4.99 Å². The van der Waals surface area contributed by atoms with E-state index in [2.05, 4.69) is 49.6 Å². The van der Waals surface area contributed by atoms with Gasteiger partial charge in [-0.25, -0.2) is 9.79 Å². The molecule has 11 heteroatoms. The summed E-state index contributed by atoms with van der Waals surface area (Å²) >= 11 is 13.6. The van der Waals surface area contributed by atoms with Gasteiger partial charge in [0, 0.05) is 15.1 Å². The van der Waals surface area contributed by atoms with Gasteiger partial charge in [0.05, 0.1) is 37.6 Å². The lowest BCUT2D eigenvalue weighted by atomic mass is 9.96. The lowest BCUT2D eigenvalue weighted by Crippen LogP contribution is -2.40. The largest absolute Gasteiger partial charge is 0.487 e. The van der Waals surface area contributed by atoms with Crippen molar-refractivity contribution in [3.63, 3.8) is 0 Å². The molecule has 0 amide bonds. The number of hydrogen-bond donors (Lipinski definition) is 0. The number of carbonyl (C=O) groups is 1. The average molecular weight is 775 g/mol. The molecule has 7 nitrogen and oxygen atoms in total. The molecular formula is C31H22BrClIN3O4S. The molecule has 3 aromatic carbocycles. The van der Waals surface area contributed by atoms with Crippen molar-refractivity contribution in [2.75, 3.05) is 6.61 Å². The Hall–Kier alpha value is -3.24. The highest BCUT2D eigenvalue weighted by atomic mass is 127. The van der Waals surface area contributed by atoms with Crippen LogP contribution in [0.4, 0.5) is 0 Å². The molecule has 0 saturated carbocycles. The molecule has 212 valence electrons. The van der Waals surface area contributed by atoms with E-state index in [0.717, 1.165) is 13.6 Å². The Labute approximate surface area is 272 Å². The van der Waals surface area contributed by atoms with E-state index < -0.39 is 12.0 Å². The van der Waals surface area contributed by atoms with E-state index in [9.17, 15) is 9.59 Å². The Morgan fingerprint density at radius 2 is 1.98 bits per heavy atom. The number of halogens is 3. The predicted molar refractivity (Wildman–Crippen MR) is 174 cm³/mol. The van der Waals surface area contributed by atoms with Crippen LogP contribution in [-0.2, 0) is 16.1 Å². The van der Waals surface area contributed by atoms with Crippen LogP contribution in [0.3, 0.4) is 0 Å². The number of rotatable bonds is 7. The number of nitriles is 1. The quantitative estimate of drug-likeness (QED) is 0.163. The molecule has 0 radical (unpaired) electrons. The summed E-state index contributed by atoms with van der Waals surface area (Å²) in [5.41, 5.74) is 3.20. The van der Waals surface area contributed by atoms with Gasteiger partial charge in [0.25, 0.3) is 5.56 Å². The smallest absolute Gasteiger partial charge is 0.338 e. The molecule has 0 spiro atoms. The SMILES string of the molecule is CCOC(=O)C1=C(C)N=c2s/c(=C\c3cc(Br)cc(I)c3OCc3ccc(C#N)cc3)c(=O)n2[C@H]1c1ccccc1Cl. The molecular weight excluding hydrogens is 753 g/mol. The molecule has 1 aliphatic rings. The highest BCUT2D eigenvalue weighted by molar-refractivity contribution is 14.1. The van der Waals surface area contributed by atoms with Crippen molar-refractivity contribution in [3.8, 4) is 11.8 Å². The number of fused-ring (bicyclic) bond motifs is 1. The van der Waals surface area contributed by atoms with Crippen molar-refractivity contribution in [1.82, 2.24) is 4.57 Å². The zero-order chi connectivity index (χ0) is 30.0. The highest BCUT2D eigenvalue weighted by Gasteiger charge is 2.34. The van der Waals surface area contributed by atoms with Gasteiger partial charge in [0.2, 0.25) is 0 Å². The summed E-state index contributed by atoms with van der Waals surface area (Å²) in [4.78, 5) is 32.3. The molecule has 42 heavy (non-hydrogen) atoms. The van der Waals surface area contributed by atoms with Gasteiger partial charge in [0.15, 0.2) is 4.80 Å². The first-order valence-electron chi connectivity index (χ1n) is 12.8. The van der Waals surface area contributed by atoms with Gasteiger partial charge in [0.1, 0.15) is 18.4 Å². The molecule has 1 aliphatic heterocycles. The summed E-state index contributed by atoms with van der Waals surface area (Å²) in [5, 5.41) is 9.50. The standard InChI is InChI=1S/C31H22BrClIN3O4S/c1-3-40-30(39)26-17(2)36-31-37(27(26)22-6-4-5-7-23(22)33)29(38)25(42-31)13-20-12-21(32)14-24(34)28(20)41-16-19-10-8-18(15-35)9-11-19/h4-14,27H,3,16H2,1-2H3/b25-13-/t27-/m0/s1. The monoisotopic (exact) mass is 773 g/mol. The molecule has 1 atom stereocenters. The fraction of sp³-hybridized carbons (Fsp3) is 0.161. The van der Waals surface area contributed by atoms with Crippen molar-refractivity contribution < 1.29 is 14.3 Å². The van der Waals surface area contributed by atoms with E-state index in [1.165, 1.54) is 15.9 Å². The maximum Gasteiger partial charge on any atom is 0.338 e. The van der Waals surface area contributed by atoms with E-state index in [0.29, 0.717) is 42.5 Å². The van der Waals surface area contributed by atoms with Gasteiger partial charge in [-0.05, 0) is 84.0 Å². The number of nitrogens with zero attached hydrogens (tertiary/aromatic N) is 3. The minimum Gasteiger partial charge on any atom is -0.487 e. The summed E-state index contributed by atoms with van der Waals surface area (Å²) in [6, 6.07) is 19.5. The zero-order valence-corrected chi connectivity index (χ0v) is 27.7. The van der Waals surface area contributed by atoms with E-state index in [-0.39, 0.29) is 24.3 Å². The second-order valence-electron chi connectivity index (χ2n) is 9.23. The third-order valence-corrected chi connectivity index (χ3v) is 9.09. The normalized spacial score (nSPS) is 14.7. The summed E-state index contributed by atoms with van der Waals surface area (Å²) in [7, 11) is 0. The van der Waals surface area contributed by atoms with Gasteiger partial charge >= 0.3 is 5.97 Å². The molecule has 5 rings (SSSR count). The molecule has 0 aliphatic carbocycles. The van der Waals surface area contributed by atoms with E-state index in [1.54, 1.807) is 50.3 Å². The average Bonchev–Trinajstić information content (AvgIpc) is 3.26. The minimum absolute atomic E-state index is 0.183. The van der Waals surface area contributed by atoms with Gasteiger partial charge in [-0.2, -0.15) is 5.26 Å². The van der Waals surface area contributed by atoms with Crippen molar-refractivity contribution in [3.05, 3.63) is 127 Å². The van der Waals surface area contributed by atoms with Gasteiger partial charge in [-0.1, -0.05) is 69.2 Å². The first kappa shape index (κ1) is 30.2. The Bertz CT molecular complexity index is 1960. The molecule has 2 heterocycles. The third kappa shape index (κ3) is 6.10. The Morgan fingerprint density at radius 1 is 1.24 bits per heavy atom. The second kappa shape index (κ2) is 13.0. The van der Waals surface area contributed by atoms with E-state index in [4.69, 9.17) is 26.3 Å². The Kier molecular flexibility index (Phi) is 9.32. The molecule has 0 bridgehead atoms. The van der Waals surface area contributed by atoms with Crippen LogP contribution in [0.15, 0.2) is 86.2 Å². The van der Waals surface area contributed by atoms with Crippen LogP contribution in [0.5, 0.6) is 5.75 Å². The van der Waals surface area contributed by atoms with Crippen LogP contribution in [0.1, 0.15) is 42.1 Å². The topological polar surface area (TPSA) is 93.7 Å². The van der Waals surface area contributed by atoms with Crippen LogP contribution in [0.2, 0.25) is 5.02 Å². The summed E-state index contributed by atoms with van der Waals surface area (Å²) in [6.07, 6.45) is 1.78. The number of hydrogen-bond acceptors (Lipinski definition) is 7. The van der Waals surface area contributed by atoms with Gasteiger partial charge in [-0.15, -0.1) is 0 Å².